The van der Waals surface area contributed by atoms with Gasteiger partial charge in [-0.15, -0.1) is 0 Å². The van der Waals surface area contributed by atoms with Gasteiger partial charge in [-0.3, -0.25) is 4.79 Å². The lowest BCUT2D eigenvalue weighted by molar-refractivity contribution is 0.100. The number of aromatic nitrogens is 1. The van der Waals surface area contributed by atoms with Crippen molar-refractivity contribution in [3.8, 4) is 5.75 Å². The lowest BCUT2D eigenvalue weighted by Gasteiger charge is -2.31. The van der Waals surface area contributed by atoms with Gasteiger partial charge in [0.15, 0.2) is 5.75 Å². The second kappa shape index (κ2) is 8.55. The Kier molecular flexibility index (Phi) is 5.69. The molecule has 29 heavy (non-hydrogen) atoms. The van der Waals surface area contributed by atoms with E-state index in [1.807, 2.05) is 42.6 Å². The Morgan fingerprint density at radius 3 is 2.79 bits per heavy atom. The SMILES string of the molecule is CC(O)COc1c(C(=O)Nc2cccc3[nH]ccc23)cccc1N1CCNCC1. The van der Waals surface area contributed by atoms with Crippen LogP contribution in [0.1, 0.15) is 17.3 Å². The minimum atomic E-state index is -0.629. The Labute approximate surface area is 169 Å². The predicted molar refractivity (Wildman–Crippen MR) is 115 cm³/mol. The molecule has 1 aromatic heterocycles. The number of amides is 1. The van der Waals surface area contributed by atoms with Gasteiger partial charge in [-0.25, -0.2) is 0 Å². The maximum atomic E-state index is 13.2. The van der Waals surface area contributed by atoms with Crippen LogP contribution in [0.3, 0.4) is 0 Å². The number of aromatic amines is 1. The first-order valence-corrected chi connectivity index (χ1v) is 9.90. The summed E-state index contributed by atoms with van der Waals surface area (Å²) in [6.45, 7) is 5.21. The molecule has 1 atom stereocenters. The molecule has 2 heterocycles. The van der Waals surface area contributed by atoms with E-state index in [2.05, 4.69) is 20.5 Å². The summed E-state index contributed by atoms with van der Waals surface area (Å²) in [5, 5.41) is 17.0. The van der Waals surface area contributed by atoms with E-state index in [1.54, 1.807) is 13.0 Å². The predicted octanol–water partition coefficient (Wildman–Crippen LogP) is 2.59. The van der Waals surface area contributed by atoms with Crippen LogP contribution in [0.2, 0.25) is 0 Å². The molecule has 0 radical (unpaired) electrons. The van der Waals surface area contributed by atoms with Crippen molar-refractivity contribution in [3.05, 3.63) is 54.2 Å². The minimum Gasteiger partial charge on any atom is -0.488 e. The van der Waals surface area contributed by atoms with Gasteiger partial charge in [0.2, 0.25) is 0 Å². The molecule has 0 saturated carbocycles. The van der Waals surface area contributed by atoms with Crippen LogP contribution in [-0.2, 0) is 0 Å². The molecule has 7 heteroatoms. The third kappa shape index (κ3) is 4.21. The maximum absolute atomic E-state index is 13.2. The summed E-state index contributed by atoms with van der Waals surface area (Å²) in [6, 6.07) is 13.3. The van der Waals surface area contributed by atoms with Gasteiger partial charge in [-0.05, 0) is 37.3 Å². The van der Waals surface area contributed by atoms with Crippen molar-refractivity contribution >= 4 is 28.2 Å². The average molecular weight is 394 g/mol. The van der Waals surface area contributed by atoms with E-state index in [0.29, 0.717) is 11.3 Å². The van der Waals surface area contributed by atoms with Crippen LogP contribution in [0, 0.1) is 0 Å². The summed E-state index contributed by atoms with van der Waals surface area (Å²) in [5.74, 6) is 0.269. The van der Waals surface area contributed by atoms with Gasteiger partial charge in [0.05, 0.1) is 23.0 Å². The molecule has 1 fully saturated rings. The first kappa shape index (κ1) is 19.3. The maximum Gasteiger partial charge on any atom is 0.259 e. The molecule has 4 rings (SSSR count). The highest BCUT2D eigenvalue weighted by atomic mass is 16.5. The highest BCUT2D eigenvalue weighted by Crippen LogP contribution is 2.34. The van der Waals surface area contributed by atoms with Gasteiger partial charge in [-0.1, -0.05) is 12.1 Å². The number of para-hydroxylation sites is 1. The number of rotatable bonds is 6. The van der Waals surface area contributed by atoms with Crippen molar-refractivity contribution in [2.24, 2.45) is 0 Å². The smallest absolute Gasteiger partial charge is 0.259 e. The monoisotopic (exact) mass is 394 g/mol. The Morgan fingerprint density at radius 2 is 2.00 bits per heavy atom. The van der Waals surface area contributed by atoms with Crippen molar-refractivity contribution in [3.63, 3.8) is 0 Å². The van der Waals surface area contributed by atoms with Gasteiger partial charge in [0.1, 0.15) is 6.61 Å². The van der Waals surface area contributed by atoms with Crippen LogP contribution in [-0.4, -0.2) is 54.9 Å². The average Bonchev–Trinajstić information content (AvgIpc) is 3.22. The van der Waals surface area contributed by atoms with Crippen LogP contribution in [0.4, 0.5) is 11.4 Å². The lowest BCUT2D eigenvalue weighted by atomic mass is 10.1. The van der Waals surface area contributed by atoms with Crippen LogP contribution in [0.25, 0.3) is 10.9 Å². The van der Waals surface area contributed by atoms with Crippen molar-refractivity contribution in [2.75, 3.05) is 43.0 Å². The highest BCUT2D eigenvalue weighted by molar-refractivity contribution is 6.11. The molecule has 0 bridgehead atoms. The van der Waals surface area contributed by atoms with Crippen LogP contribution < -0.4 is 20.3 Å². The van der Waals surface area contributed by atoms with Gasteiger partial charge in [0, 0.05) is 43.3 Å². The fourth-order valence-electron chi connectivity index (χ4n) is 3.60. The largest absolute Gasteiger partial charge is 0.488 e. The van der Waals surface area contributed by atoms with E-state index in [4.69, 9.17) is 4.74 Å². The standard InChI is InChI=1S/C22H26N4O3/c1-15(27)14-29-21-17(4-2-7-20(21)26-12-10-23-11-13-26)22(28)25-19-6-3-5-18-16(19)8-9-24-18/h2-9,15,23-24,27H,10-14H2,1H3,(H,25,28). The number of nitrogens with zero attached hydrogens (tertiary/aromatic N) is 1. The van der Waals surface area contributed by atoms with Crippen LogP contribution >= 0.6 is 0 Å². The first-order valence-electron chi connectivity index (χ1n) is 9.90. The molecule has 2 aromatic carbocycles. The molecule has 0 spiro atoms. The molecular formula is C22H26N4O3. The van der Waals surface area contributed by atoms with Crippen molar-refractivity contribution < 1.29 is 14.6 Å². The summed E-state index contributed by atoms with van der Waals surface area (Å²) in [6.07, 6.45) is 1.22. The highest BCUT2D eigenvalue weighted by Gasteiger charge is 2.22. The number of fused-ring (bicyclic) bond motifs is 1. The number of anilines is 2. The van der Waals surface area contributed by atoms with Crippen LogP contribution in [0.5, 0.6) is 5.75 Å². The number of H-pyrrole nitrogens is 1. The minimum absolute atomic E-state index is 0.122. The molecular weight excluding hydrogens is 368 g/mol. The normalized spacial score (nSPS) is 15.3. The molecule has 152 valence electrons. The van der Waals surface area contributed by atoms with E-state index in [9.17, 15) is 9.90 Å². The number of ether oxygens (including phenoxy) is 1. The molecule has 0 aliphatic carbocycles. The lowest BCUT2D eigenvalue weighted by Crippen LogP contribution is -2.43. The molecule has 7 nitrogen and oxygen atoms in total. The number of hydrogen-bond donors (Lipinski definition) is 4. The Balaban J connectivity index is 1.67. The number of aliphatic hydroxyl groups excluding tert-OH is 1. The number of aliphatic hydroxyl groups is 1. The van der Waals surface area contributed by atoms with Crippen LogP contribution in [0.15, 0.2) is 48.7 Å². The van der Waals surface area contributed by atoms with E-state index in [-0.39, 0.29) is 12.5 Å². The zero-order chi connectivity index (χ0) is 20.2. The van der Waals surface area contributed by atoms with Gasteiger partial charge in [-0.2, -0.15) is 0 Å². The fourth-order valence-corrected chi connectivity index (χ4v) is 3.60. The van der Waals surface area contributed by atoms with Crippen molar-refractivity contribution in [2.45, 2.75) is 13.0 Å². The second-order valence-electron chi connectivity index (χ2n) is 7.25. The molecule has 4 N–H and O–H groups in total. The summed E-state index contributed by atoms with van der Waals surface area (Å²) >= 11 is 0. The number of hydrogen-bond acceptors (Lipinski definition) is 5. The summed E-state index contributed by atoms with van der Waals surface area (Å²) < 4.78 is 5.94. The molecule has 1 unspecified atom stereocenters. The van der Waals surface area contributed by atoms with E-state index in [1.165, 1.54) is 0 Å². The fraction of sp³-hybridized carbons (Fsp3) is 0.318. The number of carbonyl (C=O) groups excluding carboxylic acids is 1. The molecule has 1 amide bonds. The van der Waals surface area contributed by atoms with Gasteiger partial charge < -0.3 is 30.4 Å². The van der Waals surface area contributed by atoms with E-state index >= 15 is 0 Å². The van der Waals surface area contributed by atoms with Gasteiger partial charge in [0.25, 0.3) is 5.91 Å². The van der Waals surface area contributed by atoms with Gasteiger partial charge >= 0.3 is 0 Å². The molecule has 3 aromatic rings. The van der Waals surface area contributed by atoms with E-state index < -0.39 is 6.10 Å². The summed E-state index contributed by atoms with van der Waals surface area (Å²) in [5.41, 5.74) is 3.03. The third-order valence-corrected chi connectivity index (χ3v) is 5.01. The summed E-state index contributed by atoms with van der Waals surface area (Å²) in [7, 11) is 0. The zero-order valence-corrected chi connectivity index (χ0v) is 16.4. The number of benzene rings is 2. The molecule has 1 saturated heterocycles. The molecule has 1 aliphatic rings. The summed E-state index contributed by atoms with van der Waals surface area (Å²) in [4.78, 5) is 18.5. The number of piperazine rings is 1. The molecule has 1 aliphatic heterocycles. The van der Waals surface area contributed by atoms with E-state index in [0.717, 1.165) is 48.5 Å². The number of carbonyl (C=O) groups is 1. The quantitative estimate of drug-likeness (QED) is 0.516. The third-order valence-electron chi connectivity index (χ3n) is 5.01. The topological polar surface area (TPSA) is 89.6 Å². The zero-order valence-electron chi connectivity index (χ0n) is 16.4. The Hall–Kier alpha value is -3.03. The van der Waals surface area contributed by atoms with Crippen molar-refractivity contribution in [1.82, 2.24) is 10.3 Å². The number of nitrogens with one attached hydrogen (secondary N) is 3. The Morgan fingerprint density at radius 1 is 1.21 bits per heavy atom. The Bertz CT molecular complexity index is 993. The first-order chi connectivity index (χ1) is 14.1. The second-order valence-corrected chi connectivity index (χ2v) is 7.25. The van der Waals surface area contributed by atoms with Crippen molar-refractivity contribution in [1.29, 1.82) is 0 Å².